The molecule has 1 amide bonds. The van der Waals surface area contributed by atoms with Gasteiger partial charge in [-0.05, 0) is 70.6 Å². The highest BCUT2D eigenvalue weighted by molar-refractivity contribution is 6.62. The second-order valence-electron chi connectivity index (χ2n) is 8.04. The summed E-state index contributed by atoms with van der Waals surface area (Å²) in [5, 5.41) is 3.03. The van der Waals surface area contributed by atoms with Crippen molar-refractivity contribution in [2.24, 2.45) is 5.92 Å². The summed E-state index contributed by atoms with van der Waals surface area (Å²) < 4.78 is 17.6. The normalized spacial score (nSPS) is 22.8. The van der Waals surface area contributed by atoms with Crippen LogP contribution >= 0.6 is 0 Å². The van der Waals surface area contributed by atoms with Gasteiger partial charge in [0.2, 0.25) is 5.91 Å². The summed E-state index contributed by atoms with van der Waals surface area (Å²) in [6, 6.07) is 5.89. The highest BCUT2D eigenvalue weighted by Gasteiger charge is 2.52. The molecule has 2 saturated heterocycles. The van der Waals surface area contributed by atoms with Gasteiger partial charge in [-0.1, -0.05) is 6.07 Å². The first-order chi connectivity index (χ1) is 11.7. The Balaban J connectivity index is 1.70. The zero-order chi connectivity index (χ0) is 18.2. The molecule has 1 N–H and O–H groups in total. The molecule has 25 heavy (non-hydrogen) atoms. The highest BCUT2D eigenvalue weighted by Crippen LogP contribution is 2.36. The lowest BCUT2D eigenvalue weighted by atomic mass is 9.76. The number of amides is 1. The number of benzene rings is 1. The van der Waals surface area contributed by atoms with E-state index in [1.807, 2.05) is 52.8 Å². The van der Waals surface area contributed by atoms with Crippen molar-refractivity contribution in [1.29, 1.82) is 0 Å². The second-order valence-corrected chi connectivity index (χ2v) is 8.04. The van der Waals surface area contributed by atoms with E-state index in [0.29, 0.717) is 13.2 Å². The molecule has 0 saturated carbocycles. The molecule has 2 heterocycles. The maximum Gasteiger partial charge on any atom is 0.495 e. The van der Waals surface area contributed by atoms with Crippen LogP contribution in [0.2, 0.25) is 0 Å². The summed E-state index contributed by atoms with van der Waals surface area (Å²) in [7, 11) is -0.384. The number of carbonyl (C=O) groups is 1. The minimum absolute atomic E-state index is 0.0387. The lowest BCUT2D eigenvalue weighted by Gasteiger charge is -2.32. The van der Waals surface area contributed by atoms with E-state index in [-0.39, 0.29) is 30.1 Å². The molecule has 2 fully saturated rings. The Kier molecular flexibility index (Phi) is 4.97. The number of carbonyl (C=O) groups excluding carboxylic acids is 1. The monoisotopic (exact) mass is 345 g/mol. The zero-order valence-electron chi connectivity index (χ0n) is 15.8. The maximum absolute atomic E-state index is 12.4. The van der Waals surface area contributed by atoms with Gasteiger partial charge in [-0.15, -0.1) is 0 Å². The van der Waals surface area contributed by atoms with Crippen molar-refractivity contribution in [2.75, 3.05) is 18.5 Å². The molecule has 0 bridgehead atoms. The fraction of sp³-hybridized carbons (Fsp3) is 0.632. The van der Waals surface area contributed by atoms with Crippen LogP contribution in [-0.2, 0) is 18.8 Å². The molecule has 1 aromatic carbocycles. The number of aryl methyl sites for hydroxylation is 1. The van der Waals surface area contributed by atoms with Crippen LogP contribution in [0.25, 0.3) is 0 Å². The van der Waals surface area contributed by atoms with Gasteiger partial charge in [0.25, 0.3) is 0 Å². The van der Waals surface area contributed by atoms with Crippen molar-refractivity contribution in [3.05, 3.63) is 23.8 Å². The van der Waals surface area contributed by atoms with Gasteiger partial charge in [0.1, 0.15) is 0 Å². The lowest BCUT2D eigenvalue weighted by molar-refractivity contribution is -0.122. The van der Waals surface area contributed by atoms with E-state index in [0.717, 1.165) is 29.6 Å². The van der Waals surface area contributed by atoms with Gasteiger partial charge in [0.15, 0.2) is 0 Å². The Labute approximate surface area is 150 Å². The summed E-state index contributed by atoms with van der Waals surface area (Å²) in [6.07, 6.45) is 1.58. The van der Waals surface area contributed by atoms with E-state index in [1.165, 1.54) is 0 Å². The number of hydrogen-bond donors (Lipinski definition) is 1. The summed E-state index contributed by atoms with van der Waals surface area (Å²) >= 11 is 0. The number of ether oxygens (including phenoxy) is 1. The summed E-state index contributed by atoms with van der Waals surface area (Å²) in [4.78, 5) is 12.4. The Morgan fingerprint density at radius 3 is 2.28 bits per heavy atom. The SMILES string of the molecule is Cc1cc(NC(=O)C2CCOCC2)ccc1B1OC(C)(C)C(C)(C)O1. The smallest absolute Gasteiger partial charge is 0.399 e. The predicted molar refractivity (Wildman–Crippen MR) is 99.1 cm³/mol. The fourth-order valence-electron chi connectivity index (χ4n) is 3.19. The Morgan fingerprint density at radius 1 is 1.12 bits per heavy atom. The minimum Gasteiger partial charge on any atom is -0.399 e. The van der Waals surface area contributed by atoms with Crippen LogP contribution in [0.1, 0.15) is 46.1 Å². The Hall–Kier alpha value is -1.37. The van der Waals surface area contributed by atoms with Crippen molar-refractivity contribution >= 4 is 24.2 Å². The Morgan fingerprint density at radius 2 is 1.72 bits per heavy atom. The summed E-state index contributed by atoms with van der Waals surface area (Å²) in [5.74, 6) is 0.114. The van der Waals surface area contributed by atoms with Gasteiger partial charge in [-0.25, -0.2) is 0 Å². The molecule has 3 rings (SSSR count). The van der Waals surface area contributed by atoms with Gasteiger partial charge in [0, 0.05) is 24.8 Å². The molecule has 5 nitrogen and oxygen atoms in total. The third kappa shape index (κ3) is 3.76. The van der Waals surface area contributed by atoms with Crippen LogP contribution < -0.4 is 10.8 Å². The number of hydrogen-bond acceptors (Lipinski definition) is 4. The van der Waals surface area contributed by atoms with Crippen LogP contribution in [0.15, 0.2) is 18.2 Å². The Bertz CT molecular complexity index is 637. The first-order valence-electron chi connectivity index (χ1n) is 9.04. The third-order valence-corrected chi connectivity index (χ3v) is 5.64. The van der Waals surface area contributed by atoms with Crippen molar-refractivity contribution in [1.82, 2.24) is 0 Å². The number of anilines is 1. The first kappa shape index (κ1) is 18.4. The van der Waals surface area contributed by atoms with E-state index < -0.39 is 0 Å². The van der Waals surface area contributed by atoms with Crippen LogP contribution in [0.5, 0.6) is 0 Å². The van der Waals surface area contributed by atoms with Crippen molar-refractivity contribution in [3.8, 4) is 0 Å². The predicted octanol–water partition coefficient (Wildman–Crippen LogP) is 2.66. The average molecular weight is 345 g/mol. The molecule has 136 valence electrons. The van der Waals surface area contributed by atoms with Crippen LogP contribution in [-0.4, -0.2) is 37.4 Å². The minimum atomic E-state index is -0.384. The van der Waals surface area contributed by atoms with Crippen LogP contribution in [0.3, 0.4) is 0 Å². The van der Waals surface area contributed by atoms with E-state index in [2.05, 4.69) is 5.32 Å². The maximum atomic E-state index is 12.4. The van der Waals surface area contributed by atoms with E-state index in [4.69, 9.17) is 14.0 Å². The molecule has 0 atom stereocenters. The summed E-state index contributed by atoms with van der Waals surface area (Å²) in [5.41, 5.74) is 2.14. The third-order valence-electron chi connectivity index (χ3n) is 5.64. The van der Waals surface area contributed by atoms with Crippen molar-refractivity contribution < 1.29 is 18.8 Å². The highest BCUT2D eigenvalue weighted by atomic mass is 16.7. The second kappa shape index (κ2) is 6.74. The molecular formula is C19H28BNO4. The van der Waals surface area contributed by atoms with Crippen LogP contribution in [0, 0.1) is 12.8 Å². The quantitative estimate of drug-likeness (QED) is 0.856. The molecule has 0 radical (unpaired) electrons. The van der Waals surface area contributed by atoms with Crippen molar-refractivity contribution in [3.63, 3.8) is 0 Å². The molecule has 6 heteroatoms. The molecule has 1 aromatic rings. The molecule has 0 aromatic heterocycles. The topological polar surface area (TPSA) is 56.8 Å². The summed E-state index contributed by atoms with van der Waals surface area (Å²) in [6.45, 7) is 11.5. The molecule has 0 spiro atoms. The van der Waals surface area contributed by atoms with E-state index in [9.17, 15) is 4.79 Å². The number of nitrogens with one attached hydrogen (secondary N) is 1. The lowest BCUT2D eigenvalue weighted by Crippen LogP contribution is -2.41. The average Bonchev–Trinajstić information content (AvgIpc) is 2.76. The van der Waals surface area contributed by atoms with Crippen LogP contribution in [0.4, 0.5) is 5.69 Å². The molecular weight excluding hydrogens is 317 g/mol. The number of rotatable bonds is 3. The largest absolute Gasteiger partial charge is 0.495 e. The van der Waals surface area contributed by atoms with Gasteiger partial charge in [-0.2, -0.15) is 0 Å². The molecule has 0 aliphatic carbocycles. The molecule has 2 aliphatic heterocycles. The zero-order valence-corrected chi connectivity index (χ0v) is 15.8. The van der Waals surface area contributed by atoms with E-state index in [1.54, 1.807) is 0 Å². The van der Waals surface area contributed by atoms with Gasteiger partial charge in [-0.3, -0.25) is 4.79 Å². The molecule has 2 aliphatic rings. The first-order valence-corrected chi connectivity index (χ1v) is 9.04. The fourth-order valence-corrected chi connectivity index (χ4v) is 3.19. The van der Waals surface area contributed by atoms with Crippen molar-refractivity contribution in [2.45, 2.75) is 58.7 Å². The standard InChI is InChI=1S/C19H28BNO4/c1-13-12-15(21-17(22)14-8-10-23-11-9-14)6-7-16(13)20-24-18(2,3)19(4,5)25-20/h6-7,12,14H,8-11H2,1-5H3,(H,21,22). The van der Waals surface area contributed by atoms with Gasteiger partial charge < -0.3 is 19.4 Å². The van der Waals surface area contributed by atoms with E-state index >= 15 is 0 Å². The van der Waals surface area contributed by atoms with Gasteiger partial charge >= 0.3 is 7.12 Å². The molecule has 0 unspecified atom stereocenters. The van der Waals surface area contributed by atoms with Gasteiger partial charge in [0.05, 0.1) is 11.2 Å².